The predicted octanol–water partition coefficient (Wildman–Crippen LogP) is 3.00. The van der Waals surface area contributed by atoms with E-state index in [2.05, 4.69) is 27.2 Å². The number of para-hydroxylation sites is 1. The van der Waals surface area contributed by atoms with Gasteiger partial charge in [-0.15, -0.1) is 6.58 Å². The molecule has 21 heavy (non-hydrogen) atoms. The van der Waals surface area contributed by atoms with Crippen LogP contribution in [0.15, 0.2) is 43.0 Å². The van der Waals surface area contributed by atoms with E-state index >= 15 is 0 Å². The highest BCUT2D eigenvalue weighted by Gasteiger charge is 2.04. The van der Waals surface area contributed by atoms with Crippen LogP contribution in [-0.2, 0) is 6.54 Å². The van der Waals surface area contributed by atoms with Crippen molar-refractivity contribution in [1.82, 2.24) is 9.97 Å². The van der Waals surface area contributed by atoms with Crippen LogP contribution in [0, 0.1) is 6.92 Å². The fourth-order valence-corrected chi connectivity index (χ4v) is 1.94. The number of nitrogens with one attached hydrogen (secondary N) is 2. The Kier molecular flexibility index (Phi) is 5.15. The fraction of sp³-hybridized carbons (Fsp3) is 0.250. The summed E-state index contributed by atoms with van der Waals surface area (Å²) in [5, 5.41) is 6.39. The molecular weight excluding hydrogens is 264 g/mol. The van der Waals surface area contributed by atoms with Crippen LogP contribution >= 0.6 is 0 Å². The van der Waals surface area contributed by atoms with Crippen LogP contribution in [0.4, 0.5) is 11.8 Å². The van der Waals surface area contributed by atoms with Gasteiger partial charge >= 0.3 is 0 Å². The Labute approximate surface area is 125 Å². The maximum atomic E-state index is 5.33. The van der Waals surface area contributed by atoms with Gasteiger partial charge < -0.3 is 15.4 Å². The monoisotopic (exact) mass is 284 g/mol. The minimum absolute atomic E-state index is 0.590. The van der Waals surface area contributed by atoms with Crippen molar-refractivity contribution in [3.05, 3.63) is 54.2 Å². The van der Waals surface area contributed by atoms with E-state index in [0.717, 1.165) is 22.8 Å². The van der Waals surface area contributed by atoms with Crippen molar-refractivity contribution >= 4 is 11.8 Å². The number of methoxy groups -OCH3 is 1. The minimum atomic E-state index is 0.590. The highest BCUT2D eigenvalue weighted by Crippen LogP contribution is 2.18. The summed E-state index contributed by atoms with van der Waals surface area (Å²) in [6.07, 6.45) is 1.79. The number of aromatic nitrogens is 2. The van der Waals surface area contributed by atoms with Crippen molar-refractivity contribution in [3.8, 4) is 5.75 Å². The minimum Gasteiger partial charge on any atom is -0.496 e. The lowest BCUT2D eigenvalue weighted by Gasteiger charge is -2.11. The zero-order valence-corrected chi connectivity index (χ0v) is 12.4. The molecular formula is C16H20N4O. The molecule has 0 saturated carbocycles. The molecule has 0 atom stereocenters. The van der Waals surface area contributed by atoms with E-state index in [1.54, 1.807) is 13.2 Å². The summed E-state index contributed by atoms with van der Waals surface area (Å²) in [7, 11) is 1.67. The van der Waals surface area contributed by atoms with E-state index in [4.69, 9.17) is 4.74 Å². The van der Waals surface area contributed by atoms with Gasteiger partial charge in [-0.1, -0.05) is 24.3 Å². The number of hydrogen-bond donors (Lipinski definition) is 2. The van der Waals surface area contributed by atoms with Crippen molar-refractivity contribution in [3.63, 3.8) is 0 Å². The van der Waals surface area contributed by atoms with Crippen LogP contribution in [-0.4, -0.2) is 23.6 Å². The molecule has 0 fully saturated rings. The number of aryl methyl sites for hydroxylation is 1. The zero-order valence-electron chi connectivity index (χ0n) is 12.4. The SMILES string of the molecule is C=CCNc1cc(C)nc(NCc2ccccc2OC)n1. The molecule has 1 aromatic heterocycles. The molecule has 0 spiro atoms. The second kappa shape index (κ2) is 7.28. The Hall–Kier alpha value is -2.56. The van der Waals surface area contributed by atoms with Crippen LogP contribution in [0.5, 0.6) is 5.75 Å². The molecule has 110 valence electrons. The smallest absolute Gasteiger partial charge is 0.225 e. The van der Waals surface area contributed by atoms with Gasteiger partial charge in [0.25, 0.3) is 0 Å². The molecule has 0 saturated heterocycles. The van der Waals surface area contributed by atoms with Gasteiger partial charge in [-0.25, -0.2) is 4.98 Å². The molecule has 1 heterocycles. The Balaban J connectivity index is 2.08. The van der Waals surface area contributed by atoms with Gasteiger partial charge in [0.15, 0.2) is 0 Å². The fourth-order valence-electron chi connectivity index (χ4n) is 1.94. The molecule has 5 nitrogen and oxygen atoms in total. The van der Waals surface area contributed by atoms with E-state index in [0.29, 0.717) is 19.0 Å². The largest absolute Gasteiger partial charge is 0.496 e. The number of nitrogens with zero attached hydrogens (tertiary/aromatic N) is 2. The molecule has 0 aliphatic heterocycles. The lowest BCUT2D eigenvalue weighted by Crippen LogP contribution is -2.08. The van der Waals surface area contributed by atoms with E-state index in [-0.39, 0.29) is 0 Å². The van der Waals surface area contributed by atoms with E-state index in [1.165, 1.54) is 0 Å². The zero-order chi connectivity index (χ0) is 15.1. The van der Waals surface area contributed by atoms with Crippen LogP contribution in [0.1, 0.15) is 11.3 Å². The summed E-state index contributed by atoms with van der Waals surface area (Å²) < 4.78 is 5.33. The topological polar surface area (TPSA) is 59.1 Å². The molecule has 0 radical (unpaired) electrons. The predicted molar refractivity (Wildman–Crippen MR) is 85.8 cm³/mol. The third-order valence-electron chi connectivity index (χ3n) is 2.91. The number of ether oxygens (including phenoxy) is 1. The quantitative estimate of drug-likeness (QED) is 0.765. The Morgan fingerprint density at radius 3 is 2.81 bits per heavy atom. The lowest BCUT2D eigenvalue weighted by molar-refractivity contribution is 0.410. The van der Waals surface area contributed by atoms with Crippen LogP contribution in [0.2, 0.25) is 0 Å². The molecule has 0 unspecified atom stereocenters. The molecule has 2 rings (SSSR count). The molecule has 0 amide bonds. The second-order valence-electron chi connectivity index (χ2n) is 4.55. The van der Waals surface area contributed by atoms with Gasteiger partial charge in [-0.3, -0.25) is 0 Å². The summed E-state index contributed by atoms with van der Waals surface area (Å²) in [5.41, 5.74) is 1.96. The summed E-state index contributed by atoms with van der Waals surface area (Å²) in [6.45, 7) is 6.89. The molecule has 2 aromatic rings. The maximum absolute atomic E-state index is 5.33. The van der Waals surface area contributed by atoms with Gasteiger partial charge in [-0.2, -0.15) is 4.98 Å². The standard InChI is InChI=1S/C16H20N4O/c1-4-9-17-15-10-12(2)19-16(20-15)18-11-13-7-5-6-8-14(13)21-3/h4-8,10H,1,9,11H2,2-3H3,(H2,17,18,19,20). The van der Waals surface area contributed by atoms with Crippen LogP contribution in [0.25, 0.3) is 0 Å². The Bertz CT molecular complexity index is 613. The molecule has 5 heteroatoms. The van der Waals surface area contributed by atoms with Gasteiger partial charge in [0, 0.05) is 30.4 Å². The van der Waals surface area contributed by atoms with E-state index < -0.39 is 0 Å². The second-order valence-corrected chi connectivity index (χ2v) is 4.55. The van der Waals surface area contributed by atoms with Gasteiger partial charge in [0.1, 0.15) is 11.6 Å². The molecule has 0 aliphatic rings. The Morgan fingerprint density at radius 1 is 1.24 bits per heavy atom. The average Bonchev–Trinajstić information content (AvgIpc) is 2.50. The summed E-state index contributed by atoms with van der Waals surface area (Å²) in [4.78, 5) is 8.80. The van der Waals surface area contributed by atoms with Crippen molar-refractivity contribution in [1.29, 1.82) is 0 Å². The molecule has 0 aliphatic carbocycles. The first kappa shape index (κ1) is 14.8. The van der Waals surface area contributed by atoms with Crippen LogP contribution < -0.4 is 15.4 Å². The van der Waals surface area contributed by atoms with Crippen molar-refractivity contribution in [2.75, 3.05) is 24.3 Å². The summed E-state index contributed by atoms with van der Waals surface area (Å²) in [6, 6.07) is 9.78. The number of benzene rings is 1. The normalized spacial score (nSPS) is 10.0. The van der Waals surface area contributed by atoms with Crippen molar-refractivity contribution in [2.24, 2.45) is 0 Å². The highest BCUT2D eigenvalue weighted by atomic mass is 16.5. The number of rotatable bonds is 7. The van der Waals surface area contributed by atoms with E-state index in [1.807, 2.05) is 37.3 Å². The van der Waals surface area contributed by atoms with Crippen molar-refractivity contribution in [2.45, 2.75) is 13.5 Å². The van der Waals surface area contributed by atoms with Gasteiger partial charge in [-0.05, 0) is 13.0 Å². The first-order valence-electron chi connectivity index (χ1n) is 6.79. The van der Waals surface area contributed by atoms with Crippen LogP contribution in [0.3, 0.4) is 0 Å². The first-order valence-corrected chi connectivity index (χ1v) is 6.79. The highest BCUT2D eigenvalue weighted by molar-refractivity contribution is 5.43. The van der Waals surface area contributed by atoms with Gasteiger partial charge in [0.2, 0.25) is 5.95 Å². The lowest BCUT2D eigenvalue weighted by atomic mass is 10.2. The summed E-state index contributed by atoms with van der Waals surface area (Å²) >= 11 is 0. The van der Waals surface area contributed by atoms with Crippen molar-refractivity contribution < 1.29 is 4.74 Å². The maximum Gasteiger partial charge on any atom is 0.225 e. The molecule has 2 N–H and O–H groups in total. The molecule has 1 aromatic carbocycles. The average molecular weight is 284 g/mol. The third-order valence-corrected chi connectivity index (χ3v) is 2.91. The number of hydrogen-bond acceptors (Lipinski definition) is 5. The number of anilines is 2. The first-order chi connectivity index (χ1) is 10.2. The summed E-state index contributed by atoms with van der Waals surface area (Å²) in [5.74, 6) is 2.22. The Morgan fingerprint density at radius 2 is 2.05 bits per heavy atom. The van der Waals surface area contributed by atoms with E-state index in [9.17, 15) is 0 Å². The molecule has 0 bridgehead atoms. The van der Waals surface area contributed by atoms with Gasteiger partial charge in [0.05, 0.1) is 7.11 Å². The third kappa shape index (κ3) is 4.21.